The third kappa shape index (κ3) is 3.26. The lowest BCUT2D eigenvalue weighted by atomic mass is 10.0. The molecular weight excluding hydrogens is 260 g/mol. The molecule has 112 valence electrons. The van der Waals surface area contributed by atoms with Gasteiger partial charge in [0.05, 0.1) is 6.61 Å². The monoisotopic (exact) mass is 284 g/mol. The van der Waals surface area contributed by atoms with Crippen LogP contribution in [0.15, 0.2) is 42.5 Å². The molecule has 1 aliphatic heterocycles. The fourth-order valence-corrected chi connectivity index (χ4v) is 3.09. The minimum Gasteiger partial charge on any atom is -0.380 e. The van der Waals surface area contributed by atoms with E-state index < -0.39 is 0 Å². The maximum absolute atomic E-state index is 5.49. The maximum atomic E-state index is 5.49. The summed E-state index contributed by atoms with van der Waals surface area (Å²) in [5.74, 6) is 0. The van der Waals surface area contributed by atoms with E-state index in [0.29, 0.717) is 12.1 Å². The minimum absolute atomic E-state index is 0.347. The van der Waals surface area contributed by atoms with E-state index in [1.807, 2.05) is 7.05 Å². The van der Waals surface area contributed by atoms with Crippen molar-refractivity contribution in [2.24, 2.45) is 0 Å². The third-order valence-corrected chi connectivity index (χ3v) is 4.52. The second-order valence-corrected chi connectivity index (χ2v) is 5.90. The molecule has 1 saturated heterocycles. The van der Waals surface area contributed by atoms with E-state index in [9.17, 15) is 0 Å². The van der Waals surface area contributed by atoms with Gasteiger partial charge in [0.2, 0.25) is 0 Å². The van der Waals surface area contributed by atoms with Crippen molar-refractivity contribution in [3.05, 3.63) is 48.0 Å². The van der Waals surface area contributed by atoms with Gasteiger partial charge in [-0.25, -0.2) is 0 Å². The number of rotatable bonds is 5. The second kappa shape index (κ2) is 6.56. The molecule has 0 bridgehead atoms. The van der Waals surface area contributed by atoms with Gasteiger partial charge in [0.25, 0.3) is 0 Å². The van der Waals surface area contributed by atoms with Crippen LogP contribution < -0.4 is 5.32 Å². The van der Waals surface area contributed by atoms with Gasteiger partial charge in [-0.15, -0.1) is 0 Å². The van der Waals surface area contributed by atoms with Gasteiger partial charge in [-0.1, -0.05) is 36.4 Å². The molecule has 2 aromatic carbocycles. The zero-order valence-electron chi connectivity index (χ0n) is 12.9. The summed E-state index contributed by atoms with van der Waals surface area (Å²) in [5.41, 5.74) is 1.35. The van der Waals surface area contributed by atoms with E-state index in [1.165, 1.54) is 16.3 Å². The Balaban J connectivity index is 1.77. The molecule has 2 atom stereocenters. The summed E-state index contributed by atoms with van der Waals surface area (Å²) in [5, 5.41) is 6.06. The molecule has 0 radical (unpaired) electrons. The molecule has 2 aromatic rings. The quantitative estimate of drug-likeness (QED) is 0.914. The lowest BCUT2D eigenvalue weighted by Crippen LogP contribution is -2.38. The standard InChI is InChI=1S/C18H24N2O/c1-19-18(12-20(2)17-9-10-21-13-17)16-8-7-14-5-3-4-6-15(14)11-16/h3-8,11,17-19H,9-10,12-13H2,1-2H3. The number of ether oxygens (including phenoxy) is 1. The molecule has 0 aromatic heterocycles. The fraction of sp³-hybridized carbons (Fsp3) is 0.444. The van der Waals surface area contributed by atoms with Crippen LogP contribution in [0.4, 0.5) is 0 Å². The van der Waals surface area contributed by atoms with E-state index in [1.54, 1.807) is 0 Å². The molecule has 0 saturated carbocycles. The Hall–Kier alpha value is -1.42. The zero-order chi connectivity index (χ0) is 14.7. The van der Waals surface area contributed by atoms with Crippen molar-refractivity contribution in [1.29, 1.82) is 0 Å². The van der Waals surface area contributed by atoms with Crippen LogP contribution in [-0.4, -0.2) is 44.8 Å². The summed E-state index contributed by atoms with van der Waals surface area (Å²) in [7, 11) is 4.24. The van der Waals surface area contributed by atoms with E-state index in [4.69, 9.17) is 4.74 Å². The smallest absolute Gasteiger partial charge is 0.0622 e. The van der Waals surface area contributed by atoms with E-state index >= 15 is 0 Å². The highest BCUT2D eigenvalue weighted by Gasteiger charge is 2.22. The average Bonchev–Trinajstić information content (AvgIpc) is 3.06. The van der Waals surface area contributed by atoms with Crippen LogP contribution in [-0.2, 0) is 4.74 Å². The Kier molecular flexibility index (Phi) is 4.54. The van der Waals surface area contributed by atoms with Gasteiger partial charge in [0.1, 0.15) is 0 Å². The first-order chi connectivity index (χ1) is 10.3. The van der Waals surface area contributed by atoms with Crippen molar-refractivity contribution in [1.82, 2.24) is 10.2 Å². The molecule has 1 fully saturated rings. The Morgan fingerprint density at radius 3 is 2.76 bits per heavy atom. The molecule has 1 heterocycles. The van der Waals surface area contributed by atoms with Crippen LogP contribution in [0.5, 0.6) is 0 Å². The van der Waals surface area contributed by atoms with Gasteiger partial charge in [-0.05, 0) is 42.9 Å². The normalized spacial score (nSPS) is 20.2. The Bertz CT molecular complexity index is 593. The molecule has 3 rings (SSSR count). The molecule has 1 N–H and O–H groups in total. The average molecular weight is 284 g/mol. The SMILES string of the molecule is CNC(CN(C)C1CCOC1)c1ccc2ccccc2c1. The van der Waals surface area contributed by atoms with Crippen LogP contribution >= 0.6 is 0 Å². The topological polar surface area (TPSA) is 24.5 Å². The molecule has 2 unspecified atom stereocenters. The van der Waals surface area contributed by atoms with Crippen molar-refractivity contribution in [2.45, 2.75) is 18.5 Å². The van der Waals surface area contributed by atoms with Crippen LogP contribution in [0.2, 0.25) is 0 Å². The predicted molar refractivity (Wildman–Crippen MR) is 87.6 cm³/mol. The lowest BCUT2D eigenvalue weighted by Gasteiger charge is -2.28. The first-order valence-corrected chi connectivity index (χ1v) is 7.72. The molecular formula is C18H24N2O. The first-order valence-electron chi connectivity index (χ1n) is 7.72. The van der Waals surface area contributed by atoms with Crippen molar-refractivity contribution in [3.63, 3.8) is 0 Å². The van der Waals surface area contributed by atoms with Gasteiger partial charge in [-0.3, -0.25) is 4.90 Å². The number of hydrogen-bond donors (Lipinski definition) is 1. The van der Waals surface area contributed by atoms with E-state index in [2.05, 4.69) is 59.7 Å². The molecule has 3 nitrogen and oxygen atoms in total. The second-order valence-electron chi connectivity index (χ2n) is 5.90. The zero-order valence-corrected chi connectivity index (χ0v) is 12.9. The summed E-state index contributed by atoms with van der Waals surface area (Å²) in [4.78, 5) is 2.42. The Morgan fingerprint density at radius 2 is 2.05 bits per heavy atom. The van der Waals surface area contributed by atoms with E-state index in [-0.39, 0.29) is 0 Å². The highest BCUT2D eigenvalue weighted by Crippen LogP contribution is 2.22. The number of fused-ring (bicyclic) bond motifs is 1. The lowest BCUT2D eigenvalue weighted by molar-refractivity contribution is 0.153. The predicted octanol–water partition coefficient (Wildman–Crippen LogP) is 2.82. The van der Waals surface area contributed by atoms with Crippen molar-refractivity contribution in [3.8, 4) is 0 Å². The van der Waals surface area contributed by atoms with Crippen molar-refractivity contribution < 1.29 is 4.74 Å². The summed E-state index contributed by atoms with van der Waals surface area (Å²) in [6.07, 6.45) is 1.14. The molecule has 0 spiro atoms. The third-order valence-electron chi connectivity index (χ3n) is 4.52. The first kappa shape index (κ1) is 14.5. The number of benzene rings is 2. The summed E-state index contributed by atoms with van der Waals surface area (Å²) < 4.78 is 5.49. The number of nitrogens with zero attached hydrogens (tertiary/aromatic N) is 1. The highest BCUT2D eigenvalue weighted by molar-refractivity contribution is 5.83. The highest BCUT2D eigenvalue weighted by atomic mass is 16.5. The maximum Gasteiger partial charge on any atom is 0.0622 e. The summed E-state index contributed by atoms with van der Waals surface area (Å²) >= 11 is 0. The van der Waals surface area contributed by atoms with Crippen molar-refractivity contribution in [2.75, 3.05) is 33.9 Å². The van der Waals surface area contributed by atoms with E-state index in [0.717, 1.165) is 26.2 Å². The number of hydrogen-bond acceptors (Lipinski definition) is 3. The van der Waals surface area contributed by atoms with Gasteiger partial charge in [-0.2, -0.15) is 0 Å². The van der Waals surface area contributed by atoms with Crippen LogP contribution in [0.1, 0.15) is 18.0 Å². The van der Waals surface area contributed by atoms with Gasteiger partial charge in [0, 0.05) is 25.2 Å². The van der Waals surface area contributed by atoms with Crippen LogP contribution in [0.3, 0.4) is 0 Å². The molecule has 0 amide bonds. The molecule has 3 heteroatoms. The molecule has 1 aliphatic rings. The molecule has 0 aliphatic carbocycles. The number of likely N-dealkylation sites (N-methyl/N-ethyl adjacent to an activating group) is 2. The number of nitrogens with one attached hydrogen (secondary N) is 1. The largest absolute Gasteiger partial charge is 0.380 e. The fourth-order valence-electron chi connectivity index (χ4n) is 3.09. The summed E-state index contributed by atoms with van der Waals surface area (Å²) in [6, 6.07) is 16.2. The van der Waals surface area contributed by atoms with Crippen LogP contribution in [0, 0.1) is 0 Å². The van der Waals surface area contributed by atoms with Crippen LogP contribution in [0.25, 0.3) is 10.8 Å². The van der Waals surface area contributed by atoms with Gasteiger partial charge >= 0.3 is 0 Å². The van der Waals surface area contributed by atoms with Crippen molar-refractivity contribution >= 4 is 10.8 Å². The van der Waals surface area contributed by atoms with Gasteiger partial charge < -0.3 is 10.1 Å². The minimum atomic E-state index is 0.347. The Morgan fingerprint density at radius 1 is 1.24 bits per heavy atom. The van der Waals surface area contributed by atoms with Gasteiger partial charge in [0.15, 0.2) is 0 Å². The molecule has 21 heavy (non-hydrogen) atoms. The Labute approximate surface area is 126 Å². The summed E-state index contributed by atoms with van der Waals surface area (Å²) in [6.45, 7) is 2.77.